The van der Waals surface area contributed by atoms with Gasteiger partial charge in [-0.15, -0.1) is 10.2 Å². The van der Waals surface area contributed by atoms with Gasteiger partial charge in [-0.3, -0.25) is 0 Å². The molecule has 17 heavy (non-hydrogen) atoms. The smallest absolute Gasteiger partial charge is 0.191 e. The van der Waals surface area contributed by atoms with E-state index in [1.807, 2.05) is 30.5 Å². The summed E-state index contributed by atoms with van der Waals surface area (Å²) in [5.41, 5.74) is 5.56. The lowest BCUT2D eigenvalue weighted by Gasteiger charge is -2.05. The number of furan rings is 1. The molecule has 2 heterocycles. The second-order valence-corrected chi connectivity index (χ2v) is 4.71. The van der Waals surface area contributed by atoms with Crippen molar-refractivity contribution < 1.29 is 4.42 Å². The number of aromatic nitrogens is 3. The molecule has 0 aliphatic rings. The first-order valence-corrected chi connectivity index (χ1v) is 6.47. The number of nitrogens with two attached hydrogens (primary N) is 1. The Balaban J connectivity index is 2.03. The highest BCUT2D eigenvalue weighted by Gasteiger charge is 2.09. The molecule has 92 valence electrons. The Bertz CT molecular complexity index is 491. The lowest BCUT2D eigenvalue weighted by atomic mass is 10.5. The van der Waals surface area contributed by atoms with E-state index < -0.39 is 0 Å². The molecule has 6 heteroatoms. The van der Waals surface area contributed by atoms with Crippen LogP contribution >= 0.6 is 11.8 Å². The Morgan fingerprint density at radius 2 is 2.18 bits per heavy atom. The van der Waals surface area contributed by atoms with Crippen molar-refractivity contribution in [2.24, 2.45) is 5.73 Å². The lowest BCUT2D eigenvalue weighted by molar-refractivity contribution is 0.501. The number of thioether (sulfide) groups is 1. The summed E-state index contributed by atoms with van der Waals surface area (Å²) in [5, 5.41) is 9.08. The third kappa shape index (κ3) is 2.89. The molecule has 0 spiro atoms. The molecule has 0 saturated heterocycles. The van der Waals surface area contributed by atoms with Gasteiger partial charge in [-0.1, -0.05) is 11.8 Å². The molecule has 2 rings (SSSR count). The third-order valence-corrected chi connectivity index (χ3v) is 3.38. The van der Waals surface area contributed by atoms with Gasteiger partial charge in [0.25, 0.3) is 0 Å². The van der Waals surface area contributed by atoms with Gasteiger partial charge in [-0.25, -0.2) is 0 Å². The quantitative estimate of drug-likeness (QED) is 0.821. The van der Waals surface area contributed by atoms with Crippen LogP contribution in [-0.4, -0.2) is 21.3 Å². The largest absolute Gasteiger partial charge is 0.465 e. The SMILES string of the molecule is Cc1ccc(CSc2nnc(C)n2CCN)o1. The van der Waals surface area contributed by atoms with Gasteiger partial charge in [-0.05, 0) is 26.0 Å². The van der Waals surface area contributed by atoms with Crippen LogP contribution in [0.5, 0.6) is 0 Å². The van der Waals surface area contributed by atoms with Crippen LogP contribution in [0, 0.1) is 13.8 Å². The van der Waals surface area contributed by atoms with E-state index in [2.05, 4.69) is 10.2 Å². The first-order valence-electron chi connectivity index (χ1n) is 5.48. The van der Waals surface area contributed by atoms with Crippen LogP contribution in [0.4, 0.5) is 0 Å². The Labute approximate surface area is 104 Å². The number of hydrogen-bond acceptors (Lipinski definition) is 5. The van der Waals surface area contributed by atoms with Crippen molar-refractivity contribution >= 4 is 11.8 Å². The third-order valence-electron chi connectivity index (χ3n) is 2.39. The van der Waals surface area contributed by atoms with Gasteiger partial charge in [-0.2, -0.15) is 0 Å². The van der Waals surface area contributed by atoms with Crippen LogP contribution in [0.3, 0.4) is 0 Å². The van der Waals surface area contributed by atoms with E-state index in [-0.39, 0.29) is 0 Å². The second-order valence-electron chi connectivity index (χ2n) is 3.77. The van der Waals surface area contributed by atoms with Crippen LogP contribution in [0.15, 0.2) is 21.7 Å². The minimum Gasteiger partial charge on any atom is -0.465 e. The summed E-state index contributed by atoms with van der Waals surface area (Å²) in [6.07, 6.45) is 0. The topological polar surface area (TPSA) is 69.9 Å². The maximum absolute atomic E-state index is 5.56. The monoisotopic (exact) mass is 252 g/mol. The van der Waals surface area contributed by atoms with Gasteiger partial charge in [0.1, 0.15) is 17.3 Å². The fourth-order valence-electron chi connectivity index (χ4n) is 1.55. The summed E-state index contributed by atoms with van der Waals surface area (Å²) in [7, 11) is 0. The van der Waals surface area contributed by atoms with Crippen molar-refractivity contribution in [3.05, 3.63) is 29.5 Å². The second kappa shape index (κ2) is 5.37. The predicted molar refractivity (Wildman–Crippen MR) is 66.8 cm³/mol. The van der Waals surface area contributed by atoms with Crippen molar-refractivity contribution in [2.75, 3.05) is 6.54 Å². The molecule has 2 aromatic rings. The number of aryl methyl sites for hydroxylation is 2. The normalized spacial score (nSPS) is 11.0. The summed E-state index contributed by atoms with van der Waals surface area (Å²) in [4.78, 5) is 0. The fraction of sp³-hybridized carbons (Fsp3) is 0.455. The summed E-state index contributed by atoms with van der Waals surface area (Å²) in [6, 6.07) is 3.95. The van der Waals surface area contributed by atoms with E-state index in [1.54, 1.807) is 11.8 Å². The summed E-state index contributed by atoms with van der Waals surface area (Å²) in [5.74, 6) is 3.54. The van der Waals surface area contributed by atoms with Crippen molar-refractivity contribution in [1.29, 1.82) is 0 Å². The Hall–Kier alpha value is -1.27. The van der Waals surface area contributed by atoms with Gasteiger partial charge in [0.05, 0.1) is 5.75 Å². The van der Waals surface area contributed by atoms with Crippen LogP contribution in [0.2, 0.25) is 0 Å². The summed E-state index contributed by atoms with van der Waals surface area (Å²) in [6.45, 7) is 5.21. The fourth-order valence-corrected chi connectivity index (χ4v) is 2.46. The molecule has 0 unspecified atom stereocenters. The Kier molecular flexibility index (Phi) is 3.86. The molecule has 0 radical (unpaired) electrons. The van der Waals surface area contributed by atoms with Crippen LogP contribution in [0.1, 0.15) is 17.3 Å². The molecule has 0 fully saturated rings. The number of hydrogen-bond donors (Lipinski definition) is 1. The molecule has 0 aliphatic heterocycles. The molecular weight excluding hydrogens is 236 g/mol. The Morgan fingerprint density at radius 3 is 2.82 bits per heavy atom. The zero-order valence-corrected chi connectivity index (χ0v) is 10.8. The van der Waals surface area contributed by atoms with Crippen LogP contribution in [0.25, 0.3) is 0 Å². The maximum atomic E-state index is 5.56. The van der Waals surface area contributed by atoms with Gasteiger partial charge in [0, 0.05) is 13.1 Å². The van der Waals surface area contributed by atoms with Crippen molar-refractivity contribution in [2.45, 2.75) is 31.3 Å². The first kappa shape index (κ1) is 12.2. The van der Waals surface area contributed by atoms with E-state index in [1.165, 1.54) is 0 Å². The summed E-state index contributed by atoms with van der Waals surface area (Å²) < 4.78 is 7.54. The lowest BCUT2D eigenvalue weighted by Crippen LogP contribution is -2.12. The zero-order chi connectivity index (χ0) is 12.3. The molecule has 0 aliphatic carbocycles. The minimum atomic E-state index is 0.590. The van der Waals surface area contributed by atoms with Crippen molar-refractivity contribution in [3.8, 4) is 0 Å². The highest BCUT2D eigenvalue weighted by atomic mass is 32.2. The van der Waals surface area contributed by atoms with E-state index in [0.717, 1.165) is 34.8 Å². The van der Waals surface area contributed by atoms with E-state index in [0.29, 0.717) is 6.54 Å². The summed E-state index contributed by atoms with van der Waals surface area (Å²) >= 11 is 1.61. The highest BCUT2D eigenvalue weighted by molar-refractivity contribution is 7.98. The molecule has 2 N–H and O–H groups in total. The van der Waals surface area contributed by atoms with Crippen molar-refractivity contribution in [3.63, 3.8) is 0 Å². The maximum Gasteiger partial charge on any atom is 0.191 e. The molecule has 5 nitrogen and oxygen atoms in total. The van der Waals surface area contributed by atoms with E-state index in [9.17, 15) is 0 Å². The molecule has 0 atom stereocenters. The van der Waals surface area contributed by atoms with E-state index in [4.69, 9.17) is 10.2 Å². The standard InChI is InChI=1S/C11H16N4OS/c1-8-3-4-10(16-8)7-17-11-14-13-9(2)15(11)6-5-12/h3-4H,5-7,12H2,1-2H3. The molecule has 0 aromatic carbocycles. The minimum absolute atomic E-state index is 0.590. The molecule has 2 aromatic heterocycles. The molecule has 0 saturated carbocycles. The van der Waals surface area contributed by atoms with Crippen LogP contribution < -0.4 is 5.73 Å². The highest BCUT2D eigenvalue weighted by Crippen LogP contribution is 2.22. The van der Waals surface area contributed by atoms with Crippen molar-refractivity contribution in [1.82, 2.24) is 14.8 Å². The van der Waals surface area contributed by atoms with Gasteiger partial charge in [0.15, 0.2) is 5.16 Å². The zero-order valence-electron chi connectivity index (χ0n) is 10.0. The Morgan fingerprint density at radius 1 is 1.35 bits per heavy atom. The number of rotatable bonds is 5. The molecule has 0 amide bonds. The van der Waals surface area contributed by atoms with E-state index >= 15 is 0 Å². The van der Waals surface area contributed by atoms with Gasteiger partial charge in [0.2, 0.25) is 0 Å². The average Bonchev–Trinajstić information content (AvgIpc) is 2.86. The first-order chi connectivity index (χ1) is 8.20. The van der Waals surface area contributed by atoms with Gasteiger partial charge < -0.3 is 14.7 Å². The van der Waals surface area contributed by atoms with Gasteiger partial charge >= 0.3 is 0 Å². The predicted octanol–water partition coefficient (Wildman–Crippen LogP) is 1.74. The number of nitrogens with zero attached hydrogens (tertiary/aromatic N) is 3. The molecular formula is C11H16N4OS. The van der Waals surface area contributed by atoms with Crippen LogP contribution in [-0.2, 0) is 12.3 Å². The average molecular weight is 252 g/mol. The molecule has 0 bridgehead atoms.